The highest BCUT2D eigenvalue weighted by molar-refractivity contribution is 5.96. The summed E-state index contributed by atoms with van der Waals surface area (Å²) in [7, 11) is 1.34. The molecule has 66 heavy (non-hydrogen) atoms. The fourth-order valence-electron chi connectivity index (χ4n) is 5.79. The number of carbonyl (C=O) groups is 3. The number of benzene rings is 2. The first-order chi connectivity index (χ1) is 32.2. The summed E-state index contributed by atoms with van der Waals surface area (Å²) in [5.74, 6) is -0.686. The van der Waals surface area contributed by atoms with Crippen molar-refractivity contribution < 1.29 is 91.3 Å². The molecule has 21 heteroatoms. The second-order valence-corrected chi connectivity index (χ2v) is 14.4. The first-order valence-corrected chi connectivity index (χ1v) is 22.2. The van der Waals surface area contributed by atoms with Gasteiger partial charge in [-0.3, -0.25) is 14.4 Å². The van der Waals surface area contributed by atoms with Crippen molar-refractivity contribution in [2.45, 2.75) is 44.1 Å². The van der Waals surface area contributed by atoms with Crippen LogP contribution in [-0.2, 0) is 66.4 Å². The number of amides is 2. The first-order valence-electron chi connectivity index (χ1n) is 22.2. The maximum Gasteiger partial charge on any atom is 0.307 e. The van der Waals surface area contributed by atoms with E-state index in [1.54, 1.807) is 25.1 Å². The summed E-state index contributed by atoms with van der Waals surface area (Å²) in [5.41, 5.74) is 1.96. The summed E-state index contributed by atoms with van der Waals surface area (Å²) < 4.78 is 70.3. The molecule has 1 fully saturated rings. The molecule has 1 aliphatic rings. The zero-order chi connectivity index (χ0) is 47.5. The molecular weight excluding hydrogens is 872 g/mol. The van der Waals surface area contributed by atoms with Gasteiger partial charge in [-0.2, -0.15) is 0 Å². The molecule has 5 atom stereocenters. The van der Waals surface area contributed by atoms with Gasteiger partial charge in [0.15, 0.2) is 12.9 Å². The maximum absolute atomic E-state index is 13.1. The Hall–Kier alpha value is -3.91. The van der Waals surface area contributed by atoms with E-state index in [4.69, 9.17) is 56.8 Å². The van der Waals surface area contributed by atoms with Crippen LogP contribution in [0.5, 0.6) is 5.75 Å². The van der Waals surface area contributed by atoms with Crippen LogP contribution in [0.25, 0.3) is 11.1 Å². The third kappa shape index (κ3) is 25.3. The van der Waals surface area contributed by atoms with Gasteiger partial charge in [0.25, 0.3) is 11.8 Å². The fourth-order valence-corrected chi connectivity index (χ4v) is 5.79. The summed E-state index contributed by atoms with van der Waals surface area (Å²) in [6, 6.07) is 14.6. The Kier molecular flexibility index (Phi) is 30.9. The van der Waals surface area contributed by atoms with Gasteiger partial charge in [-0.25, -0.2) is 0 Å². The fraction of sp³-hybridized carbons (Fsp3) is 0.667. The molecule has 1 heterocycles. The minimum Gasteiger partial charge on any atom is -0.484 e. The van der Waals surface area contributed by atoms with Gasteiger partial charge >= 0.3 is 5.97 Å². The number of hydrogen-bond donors (Lipinski definition) is 5. The summed E-state index contributed by atoms with van der Waals surface area (Å²) in [6.45, 7) is 8.58. The van der Waals surface area contributed by atoms with Crippen LogP contribution in [0.2, 0.25) is 0 Å². The molecule has 0 spiro atoms. The average Bonchev–Trinajstić information content (AvgIpc) is 3.33. The average molecular weight is 943 g/mol. The Morgan fingerprint density at radius 3 is 1.58 bits per heavy atom. The summed E-state index contributed by atoms with van der Waals surface area (Å²) in [6.07, 6.45) is -5.58. The smallest absolute Gasteiger partial charge is 0.307 e. The van der Waals surface area contributed by atoms with Crippen molar-refractivity contribution in [3.8, 4) is 16.9 Å². The Balaban J connectivity index is 1.15. The zero-order valence-electron chi connectivity index (χ0n) is 38.1. The maximum atomic E-state index is 13.1. The number of rotatable bonds is 39. The van der Waals surface area contributed by atoms with Gasteiger partial charge in [-0.1, -0.05) is 30.3 Å². The van der Waals surface area contributed by atoms with Crippen molar-refractivity contribution in [1.29, 1.82) is 0 Å². The molecular formula is C45H70N2O19. The van der Waals surface area contributed by atoms with Crippen molar-refractivity contribution in [1.82, 2.24) is 10.6 Å². The molecule has 0 unspecified atom stereocenters. The highest BCUT2D eigenvalue weighted by Gasteiger charge is 2.42. The number of esters is 1. The molecule has 374 valence electrons. The molecule has 2 aromatic carbocycles. The van der Waals surface area contributed by atoms with E-state index in [1.807, 2.05) is 30.3 Å². The van der Waals surface area contributed by atoms with Gasteiger partial charge in [0, 0.05) is 18.7 Å². The number of methoxy groups -OCH3 is 1. The quantitative estimate of drug-likeness (QED) is 0.0441. The van der Waals surface area contributed by atoms with E-state index in [2.05, 4.69) is 15.4 Å². The third-order valence-electron chi connectivity index (χ3n) is 9.35. The van der Waals surface area contributed by atoms with Crippen LogP contribution in [-0.4, -0.2) is 216 Å². The van der Waals surface area contributed by atoms with E-state index >= 15 is 0 Å². The van der Waals surface area contributed by atoms with Crippen LogP contribution >= 0.6 is 0 Å². The SMILES string of the molecule is COC(=O)CCOCCOCCOCCOCCOCCOCCOCCOCCNC(=O)c1cc(OCC(=O)NCCOCCO[C@@H]2O[C@@H](C)[C@H](O)[C@@H](O)[C@H]2O)cc(-c2ccccc2)c1. The van der Waals surface area contributed by atoms with Gasteiger partial charge in [0.2, 0.25) is 0 Å². The summed E-state index contributed by atoms with van der Waals surface area (Å²) in [4.78, 5) is 36.6. The van der Waals surface area contributed by atoms with Crippen molar-refractivity contribution in [2.75, 3.05) is 152 Å². The van der Waals surface area contributed by atoms with Gasteiger partial charge < -0.3 is 87.5 Å². The number of aliphatic hydroxyl groups is 3. The zero-order valence-corrected chi connectivity index (χ0v) is 38.1. The second kappa shape index (κ2) is 36.2. The van der Waals surface area contributed by atoms with E-state index < -0.39 is 36.6 Å². The molecule has 2 aromatic rings. The van der Waals surface area contributed by atoms with E-state index in [0.29, 0.717) is 110 Å². The standard InChI is InChI=1S/C45H70N2O19/c1-34-41(50)42(51)43(52)45(66-34)64-29-28-57-12-9-46-39(48)33-65-38-31-36(35-6-4-3-5-7-35)30-37(32-38)44(53)47-10-13-56-15-17-59-19-21-61-23-25-63-27-26-62-24-22-60-20-18-58-16-14-55-11-8-40(49)54-2/h3-7,30-32,34,41-43,45,50-52H,8-29,33H2,1-2H3,(H,46,48)(H,47,53)/t34-,41-,42+,43+,45+/m0/s1. The molecule has 0 aliphatic carbocycles. The summed E-state index contributed by atoms with van der Waals surface area (Å²) in [5, 5.41) is 35.3. The first kappa shape index (κ1) is 56.4. The van der Waals surface area contributed by atoms with Crippen molar-refractivity contribution in [2.24, 2.45) is 0 Å². The molecule has 0 bridgehead atoms. The molecule has 5 N–H and O–H groups in total. The minimum absolute atomic E-state index is 0.0547. The van der Waals surface area contributed by atoms with Crippen LogP contribution in [0.3, 0.4) is 0 Å². The molecule has 0 saturated carbocycles. The number of ether oxygens (including phenoxy) is 13. The Bertz CT molecular complexity index is 1580. The third-order valence-corrected chi connectivity index (χ3v) is 9.35. The van der Waals surface area contributed by atoms with E-state index in [-0.39, 0.29) is 64.4 Å². The Labute approximate surface area is 386 Å². The highest BCUT2D eigenvalue weighted by Crippen LogP contribution is 2.26. The normalized spacial score (nSPS) is 18.2. The van der Waals surface area contributed by atoms with Crippen LogP contribution in [0.1, 0.15) is 23.7 Å². The molecule has 1 aliphatic heterocycles. The van der Waals surface area contributed by atoms with E-state index in [9.17, 15) is 29.7 Å². The van der Waals surface area contributed by atoms with Crippen molar-refractivity contribution in [3.05, 3.63) is 54.1 Å². The van der Waals surface area contributed by atoms with Gasteiger partial charge in [-0.15, -0.1) is 0 Å². The molecule has 1 saturated heterocycles. The van der Waals surface area contributed by atoms with Crippen LogP contribution in [0.15, 0.2) is 48.5 Å². The largest absolute Gasteiger partial charge is 0.484 e. The van der Waals surface area contributed by atoms with Crippen molar-refractivity contribution >= 4 is 17.8 Å². The predicted molar refractivity (Wildman–Crippen MR) is 235 cm³/mol. The number of nitrogens with one attached hydrogen (secondary N) is 2. The lowest BCUT2D eigenvalue weighted by Crippen LogP contribution is -2.57. The van der Waals surface area contributed by atoms with Crippen molar-refractivity contribution in [3.63, 3.8) is 0 Å². The van der Waals surface area contributed by atoms with Gasteiger partial charge in [0.1, 0.15) is 24.1 Å². The van der Waals surface area contributed by atoms with E-state index in [1.165, 1.54) is 7.11 Å². The second-order valence-electron chi connectivity index (χ2n) is 14.4. The van der Waals surface area contributed by atoms with Crippen LogP contribution < -0.4 is 15.4 Å². The lowest BCUT2D eigenvalue weighted by atomic mass is 10.0. The topological polar surface area (TPSA) is 256 Å². The molecule has 3 rings (SSSR count). The van der Waals surface area contributed by atoms with Crippen LogP contribution in [0.4, 0.5) is 0 Å². The minimum atomic E-state index is -1.40. The molecule has 21 nitrogen and oxygen atoms in total. The number of carbonyl (C=O) groups excluding carboxylic acids is 3. The predicted octanol–water partition coefficient (Wildman–Crippen LogP) is 0.135. The van der Waals surface area contributed by atoms with E-state index in [0.717, 1.165) is 11.1 Å². The summed E-state index contributed by atoms with van der Waals surface area (Å²) >= 11 is 0. The van der Waals surface area contributed by atoms with Gasteiger partial charge in [-0.05, 0) is 36.2 Å². The lowest BCUT2D eigenvalue weighted by Gasteiger charge is -2.38. The number of aliphatic hydroxyl groups excluding tert-OH is 3. The molecule has 0 aromatic heterocycles. The van der Waals surface area contributed by atoms with Gasteiger partial charge in [0.05, 0.1) is 145 Å². The number of hydrogen-bond acceptors (Lipinski definition) is 19. The lowest BCUT2D eigenvalue weighted by molar-refractivity contribution is -0.294. The highest BCUT2D eigenvalue weighted by atomic mass is 16.7. The molecule has 0 radical (unpaired) electrons. The van der Waals surface area contributed by atoms with Crippen LogP contribution in [0, 0.1) is 0 Å². The molecule has 2 amide bonds. The Morgan fingerprint density at radius 2 is 1.05 bits per heavy atom. The monoisotopic (exact) mass is 942 g/mol. The Morgan fingerprint density at radius 1 is 0.561 bits per heavy atom.